The van der Waals surface area contributed by atoms with Gasteiger partial charge in [0.25, 0.3) is 0 Å². The Hall–Kier alpha value is -5.05. The van der Waals surface area contributed by atoms with E-state index < -0.39 is 18.2 Å². The highest BCUT2D eigenvalue weighted by atomic mass is 16.7. The number of benzene rings is 3. The van der Waals surface area contributed by atoms with E-state index >= 15 is 0 Å². The first-order valence-electron chi connectivity index (χ1n) is 16.0. The van der Waals surface area contributed by atoms with Crippen LogP contribution in [0, 0.1) is 0 Å². The molecule has 0 N–H and O–H groups in total. The van der Waals surface area contributed by atoms with Crippen LogP contribution in [0.1, 0.15) is 74.2 Å². The van der Waals surface area contributed by atoms with Crippen molar-refractivity contribution >= 4 is 17.9 Å². The van der Waals surface area contributed by atoms with Crippen LogP contribution in [0.4, 0.5) is 0 Å². The molecule has 0 fully saturated rings. The Balaban J connectivity index is 1.37. The lowest BCUT2D eigenvalue weighted by molar-refractivity contribution is -0.158. The molecule has 47 heavy (non-hydrogen) atoms. The Morgan fingerprint density at radius 3 is 1.91 bits per heavy atom. The number of esters is 3. The molecule has 0 amide bonds. The second-order valence-electron chi connectivity index (χ2n) is 10.6. The van der Waals surface area contributed by atoms with Gasteiger partial charge in [-0.3, -0.25) is 0 Å². The molecule has 0 aliphatic carbocycles. The molecule has 3 aromatic carbocycles. The molecule has 250 valence electrons. The molecule has 0 bridgehead atoms. The molecule has 1 atom stereocenters. The molecule has 0 aliphatic heterocycles. The lowest BCUT2D eigenvalue weighted by Gasteiger charge is -2.18. The van der Waals surface area contributed by atoms with Crippen LogP contribution < -0.4 is 18.9 Å². The fourth-order valence-corrected chi connectivity index (χ4v) is 4.30. The molecule has 1 unspecified atom stereocenters. The minimum atomic E-state index is -0.736. The van der Waals surface area contributed by atoms with Crippen molar-refractivity contribution in [1.29, 1.82) is 0 Å². The van der Waals surface area contributed by atoms with Crippen molar-refractivity contribution in [3.63, 3.8) is 0 Å². The van der Waals surface area contributed by atoms with Crippen molar-refractivity contribution in [3.05, 3.63) is 109 Å². The van der Waals surface area contributed by atoms with Gasteiger partial charge in [-0.2, -0.15) is 0 Å². The number of carbonyl (C=O) groups is 3. The van der Waals surface area contributed by atoms with E-state index in [0.717, 1.165) is 62.3 Å². The third kappa shape index (κ3) is 14.3. The van der Waals surface area contributed by atoms with Crippen molar-refractivity contribution < 1.29 is 42.8 Å². The molecule has 3 rings (SSSR count). The Kier molecular flexibility index (Phi) is 16.2. The summed E-state index contributed by atoms with van der Waals surface area (Å²) < 4.78 is 33.3. The lowest BCUT2D eigenvalue weighted by Crippen LogP contribution is -2.23. The van der Waals surface area contributed by atoms with E-state index in [2.05, 4.69) is 20.1 Å². The Morgan fingerprint density at radius 1 is 0.660 bits per heavy atom. The molecule has 9 heteroatoms. The number of hydrogen-bond donors (Lipinski definition) is 0. The van der Waals surface area contributed by atoms with Gasteiger partial charge in [0.15, 0.2) is 0 Å². The Labute approximate surface area is 277 Å². The van der Waals surface area contributed by atoms with E-state index in [4.69, 9.17) is 28.4 Å². The quantitative estimate of drug-likeness (QED) is 0.0352. The number of rotatable bonds is 22. The highest BCUT2D eigenvalue weighted by molar-refractivity contribution is 5.91. The molecule has 3 aromatic rings. The number of unbranched alkanes of at least 4 members (excludes halogenated alkanes) is 5. The summed E-state index contributed by atoms with van der Waals surface area (Å²) in [6.45, 7) is 10.3. The van der Waals surface area contributed by atoms with Crippen molar-refractivity contribution in [2.24, 2.45) is 0 Å². The smallest absolute Gasteiger partial charge is 0.343 e. The SMILES string of the molecule is C=CC(=O)OCCCCCCOc1ccc(COc2ccc(OC(=O)c3ccc(OC(CCCCC)OC(=O)C=C)cc3)cc2)cc1. The number of hydrogen-bond acceptors (Lipinski definition) is 9. The minimum absolute atomic E-state index is 0.347. The van der Waals surface area contributed by atoms with Crippen molar-refractivity contribution in [3.8, 4) is 23.0 Å². The van der Waals surface area contributed by atoms with Crippen LogP contribution in [0.25, 0.3) is 0 Å². The van der Waals surface area contributed by atoms with Crippen LogP contribution in [0.5, 0.6) is 23.0 Å². The Bertz CT molecular complexity index is 1400. The highest BCUT2D eigenvalue weighted by Crippen LogP contribution is 2.22. The van der Waals surface area contributed by atoms with Gasteiger partial charge in [0.1, 0.15) is 29.6 Å². The van der Waals surface area contributed by atoms with Gasteiger partial charge in [0.2, 0.25) is 6.29 Å². The van der Waals surface area contributed by atoms with E-state index in [0.29, 0.717) is 49.1 Å². The van der Waals surface area contributed by atoms with Gasteiger partial charge >= 0.3 is 17.9 Å². The number of carbonyl (C=O) groups excluding carboxylic acids is 3. The van der Waals surface area contributed by atoms with Gasteiger partial charge in [0.05, 0.1) is 18.8 Å². The maximum absolute atomic E-state index is 12.7. The predicted molar refractivity (Wildman–Crippen MR) is 179 cm³/mol. The van der Waals surface area contributed by atoms with Crippen LogP contribution in [0.3, 0.4) is 0 Å². The maximum atomic E-state index is 12.7. The summed E-state index contributed by atoms with van der Waals surface area (Å²) in [5, 5.41) is 0. The zero-order valence-electron chi connectivity index (χ0n) is 27.0. The summed E-state index contributed by atoms with van der Waals surface area (Å²) in [7, 11) is 0. The first-order valence-corrected chi connectivity index (χ1v) is 16.0. The van der Waals surface area contributed by atoms with Crippen LogP contribution in [-0.2, 0) is 25.7 Å². The highest BCUT2D eigenvalue weighted by Gasteiger charge is 2.15. The van der Waals surface area contributed by atoms with Crippen LogP contribution >= 0.6 is 0 Å². The third-order valence-electron chi connectivity index (χ3n) is 6.90. The fraction of sp³-hybridized carbons (Fsp3) is 0.342. The molecule has 0 saturated heterocycles. The monoisotopic (exact) mass is 644 g/mol. The molecule has 0 radical (unpaired) electrons. The standard InChI is InChI=1S/C38H44O9/c1-4-7-10-13-37(47-36(40)6-3)45-33-20-16-30(17-21-33)38(41)46-34-24-22-32(23-25-34)44-28-29-14-18-31(19-15-29)42-26-11-8-9-12-27-43-35(39)5-2/h5-6,14-25,37H,2-4,7-13,26-28H2,1H3. The molecule has 0 spiro atoms. The van der Waals surface area contributed by atoms with E-state index in [1.165, 1.54) is 6.08 Å². The van der Waals surface area contributed by atoms with E-state index in [-0.39, 0.29) is 5.97 Å². The average Bonchev–Trinajstić information content (AvgIpc) is 3.09. The van der Waals surface area contributed by atoms with Gasteiger partial charge in [0, 0.05) is 18.6 Å². The second-order valence-corrected chi connectivity index (χ2v) is 10.6. The summed E-state index contributed by atoms with van der Waals surface area (Å²) in [5.41, 5.74) is 1.33. The predicted octanol–water partition coefficient (Wildman–Crippen LogP) is 8.17. The van der Waals surface area contributed by atoms with Crippen LogP contribution in [-0.4, -0.2) is 37.4 Å². The molecular weight excluding hydrogens is 600 g/mol. The van der Waals surface area contributed by atoms with Crippen molar-refractivity contribution in [1.82, 2.24) is 0 Å². The maximum Gasteiger partial charge on any atom is 0.343 e. The summed E-state index contributed by atoms with van der Waals surface area (Å²) in [6, 6.07) is 21.0. The lowest BCUT2D eigenvalue weighted by atomic mass is 10.2. The Morgan fingerprint density at radius 2 is 1.26 bits per heavy atom. The van der Waals surface area contributed by atoms with Gasteiger partial charge in [-0.05, 0) is 98.3 Å². The van der Waals surface area contributed by atoms with Crippen LogP contribution in [0.2, 0.25) is 0 Å². The molecule has 0 aliphatic rings. The molecular formula is C38H44O9. The van der Waals surface area contributed by atoms with Crippen LogP contribution in [0.15, 0.2) is 98.1 Å². The van der Waals surface area contributed by atoms with Crippen molar-refractivity contribution in [2.45, 2.75) is 71.2 Å². The number of ether oxygens (including phenoxy) is 6. The van der Waals surface area contributed by atoms with Gasteiger partial charge in [-0.25, -0.2) is 14.4 Å². The zero-order chi connectivity index (χ0) is 33.7. The van der Waals surface area contributed by atoms with Crippen molar-refractivity contribution in [2.75, 3.05) is 13.2 Å². The van der Waals surface area contributed by atoms with E-state index in [1.807, 2.05) is 24.3 Å². The first kappa shape index (κ1) is 36.4. The summed E-state index contributed by atoms with van der Waals surface area (Å²) in [4.78, 5) is 35.4. The molecule has 9 nitrogen and oxygen atoms in total. The summed E-state index contributed by atoms with van der Waals surface area (Å²) >= 11 is 0. The zero-order valence-corrected chi connectivity index (χ0v) is 27.0. The summed E-state index contributed by atoms with van der Waals surface area (Å²) in [6.07, 6.45) is 8.68. The third-order valence-corrected chi connectivity index (χ3v) is 6.90. The molecule has 0 saturated carbocycles. The first-order chi connectivity index (χ1) is 22.9. The fourth-order valence-electron chi connectivity index (χ4n) is 4.30. The molecule has 0 aromatic heterocycles. The van der Waals surface area contributed by atoms with E-state index in [9.17, 15) is 14.4 Å². The molecule has 0 heterocycles. The minimum Gasteiger partial charge on any atom is -0.494 e. The van der Waals surface area contributed by atoms with Gasteiger partial charge in [-0.15, -0.1) is 0 Å². The summed E-state index contributed by atoms with van der Waals surface area (Å²) in [5.74, 6) is 0.830. The van der Waals surface area contributed by atoms with Gasteiger partial charge < -0.3 is 28.4 Å². The second kappa shape index (κ2) is 20.9. The average molecular weight is 645 g/mol. The van der Waals surface area contributed by atoms with E-state index in [1.54, 1.807) is 48.5 Å². The largest absolute Gasteiger partial charge is 0.494 e. The topological polar surface area (TPSA) is 107 Å². The van der Waals surface area contributed by atoms with Gasteiger partial charge in [-0.1, -0.05) is 45.1 Å². The normalized spacial score (nSPS) is 11.1.